The molecule has 0 saturated heterocycles. The van der Waals surface area contributed by atoms with Crippen LogP contribution in [0.25, 0.3) is 16.5 Å². The van der Waals surface area contributed by atoms with Crippen molar-refractivity contribution in [3.05, 3.63) is 83.7 Å². The maximum Gasteiger partial charge on any atom is 0.230 e. The Labute approximate surface area is 180 Å². The van der Waals surface area contributed by atoms with Crippen molar-refractivity contribution < 1.29 is 4.79 Å². The van der Waals surface area contributed by atoms with E-state index in [1.54, 1.807) is 6.33 Å². The van der Waals surface area contributed by atoms with Crippen LogP contribution in [0.2, 0.25) is 0 Å². The number of hydrogen-bond donors (Lipinski definition) is 1. The van der Waals surface area contributed by atoms with E-state index in [1.807, 2.05) is 29.7 Å². The maximum absolute atomic E-state index is 12.6. The van der Waals surface area contributed by atoms with Gasteiger partial charge in [-0.25, -0.2) is 0 Å². The summed E-state index contributed by atoms with van der Waals surface area (Å²) >= 11 is 1.39. The molecule has 0 saturated carbocycles. The van der Waals surface area contributed by atoms with Gasteiger partial charge in [-0.15, -0.1) is 10.2 Å². The van der Waals surface area contributed by atoms with Crippen LogP contribution in [0.3, 0.4) is 0 Å². The minimum absolute atomic E-state index is 0.0318. The number of nitrogens with zero attached hydrogens (tertiary/aromatic N) is 3. The number of thioether (sulfide) groups is 1. The summed E-state index contributed by atoms with van der Waals surface area (Å²) < 4.78 is 1.93. The molecule has 4 rings (SSSR count). The van der Waals surface area contributed by atoms with Gasteiger partial charge in [-0.3, -0.25) is 9.36 Å². The first kappa shape index (κ1) is 20.2. The summed E-state index contributed by atoms with van der Waals surface area (Å²) in [4.78, 5) is 12.6. The Morgan fingerprint density at radius 1 is 1.10 bits per heavy atom. The van der Waals surface area contributed by atoms with Crippen molar-refractivity contribution in [2.45, 2.75) is 32.0 Å². The van der Waals surface area contributed by atoms with Gasteiger partial charge in [-0.1, -0.05) is 71.9 Å². The van der Waals surface area contributed by atoms with E-state index in [1.165, 1.54) is 22.7 Å². The van der Waals surface area contributed by atoms with Gasteiger partial charge in [-0.2, -0.15) is 0 Å². The van der Waals surface area contributed by atoms with Crippen LogP contribution in [-0.2, 0) is 4.79 Å². The van der Waals surface area contributed by atoms with Gasteiger partial charge < -0.3 is 5.32 Å². The van der Waals surface area contributed by atoms with Crippen molar-refractivity contribution in [3.8, 4) is 5.69 Å². The van der Waals surface area contributed by atoms with Gasteiger partial charge in [0.2, 0.25) is 5.91 Å². The summed E-state index contributed by atoms with van der Waals surface area (Å²) in [7, 11) is 0. The van der Waals surface area contributed by atoms with Gasteiger partial charge in [0.05, 0.1) is 17.5 Å². The summed E-state index contributed by atoms with van der Waals surface area (Å²) in [6.45, 7) is 6.15. The molecule has 1 heterocycles. The molecule has 0 fully saturated rings. The summed E-state index contributed by atoms with van der Waals surface area (Å²) in [6, 6.07) is 20.6. The Kier molecular flexibility index (Phi) is 5.86. The molecule has 0 aliphatic carbocycles. The quantitative estimate of drug-likeness (QED) is 0.449. The van der Waals surface area contributed by atoms with Crippen LogP contribution in [0, 0.1) is 13.8 Å². The van der Waals surface area contributed by atoms with Crippen LogP contribution in [0.5, 0.6) is 0 Å². The molecule has 0 aliphatic heterocycles. The lowest BCUT2D eigenvalue weighted by atomic mass is 10.00. The molecule has 30 heavy (non-hydrogen) atoms. The van der Waals surface area contributed by atoms with Crippen molar-refractivity contribution in [1.29, 1.82) is 0 Å². The fourth-order valence-electron chi connectivity index (χ4n) is 3.68. The van der Waals surface area contributed by atoms with E-state index in [0.717, 1.165) is 22.2 Å². The first-order valence-corrected chi connectivity index (χ1v) is 10.9. The number of aryl methyl sites for hydroxylation is 2. The molecule has 5 nitrogen and oxygen atoms in total. The third-order valence-electron chi connectivity index (χ3n) is 5.13. The highest BCUT2D eigenvalue weighted by molar-refractivity contribution is 7.99. The average Bonchev–Trinajstić information content (AvgIpc) is 3.20. The van der Waals surface area contributed by atoms with Gasteiger partial charge in [0.25, 0.3) is 0 Å². The molecule has 1 amide bonds. The monoisotopic (exact) mass is 416 g/mol. The summed E-state index contributed by atoms with van der Waals surface area (Å²) in [5.41, 5.74) is 4.49. The third kappa shape index (κ3) is 4.24. The summed E-state index contributed by atoms with van der Waals surface area (Å²) in [5, 5.41) is 14.4. The number of aromatic nitrogens is 3. The normalized spacial score (nSPS) is 12.1. The lowest BCUT2D eigenvalue weighted by molar-refractivity contribution is -0.119. The second-order valence-electron chi connectivity index (χ2n) is 7.42. The lowest BCUT2D eigenvalue weighted by Crippen LogP contribution is -2.28. The molecular formula is C24H24N4OS. The van der Waals surface area contributed by atoms with E-state index in [9.17, 15) is 4.79 Å². The zero-order chi connectivity index (χ0) is 21.1. The fraction of sp³-hybridized carbons (Fsp3) is 0.208. The van der Waals surface area contributed by atoms with E-state index in [2.05, 4.69) is 71.8 Å². The predicted octanol–water partition coefficient (Wildman–Crippen LogP) is 5.01. The van der Waals surface area contributed by atoms with Crippen LogP contribution < -0.4 is 5.32 Å². The topological polar surface area (TPSA) is 59.8 Å². The highest BCUT2D eigenvalue weighted by Gasteiger charge is 2.15. The van der Waals surface area contributed by atoms with Crippen molar-refractivity contribution >= 4 is 28.4 Å². The van der Waals surface area contributed by atoms with Gasteiger partial charge in [-0.05, 0) is 48.7 Å². The molecule has 4 aromatic rings. The minimum Gasteiger partial charge on any atom is -0.349 e. The molecule has 0 radical (unpaired) electrons. The van der Waals surface area contributed by atoms with Crippen molar-refractivity contribution in [3.63, 3.8) is 0 Å². The van der Waals surface area contributed by atoms with E-state index < -0.39 is 0 Å². The molecular weight excluding hydrogens is 392 g/mol. The molecule has 1 N–H and O–H groups in total. The van der Waals surface area contributed by atoms with Crippen LogP contribution in [0.15, 0.2) is 72.1 Å². The number of rotatable bonds is 6. The second-order valence-corrected chi connectivity index (χ2v) is 8.36. The molecule has 3 aromatic carbocycles. The highest BCUT2D eigenvalue weighted by Crippen LogP contribution is 2.25. The fourth-order valence-corrected chi connectivity index (χ4v) is 4.42. The minimum atomic E-state index is -0.0820. The van der Waals surface area contributed by atoms with Gasteiger partial charge in [0.1, 0.15) is 6.33 Å². The Hall–Kier alpha value is -3.12. The van der Waals surface area contributed by atoms with Crippen LogP contribution in [-0.4, -0.2) is 26.4 Å². The molecule has 6 heteroatoms. The largest absolute Gasteiger partial charge is 0.349 e. The molecule has 1 atom stereocenters. The summed E-state index contributed by atoms with van der Waals surface area (Å²) in [5.74, 6) is 0.245. The Morgan fingerprint density at radius 2 is 1.90 bits per heavy atom. The first-order chi connectivity index (χ1) is 14.5. The van der Waals surface area contributed by atoms with Gasteiger partial charge in [0, 0.05) is 0 Å². The number of fused-ring (bicyclic) bond motifs is 1. The van der Waals surface area contributed by atoms with E-state index in [4.69, 9.17) is 0 Å². The number of carbonyl (C=O) groups is 1. The number of carbonyl (C=O) groups excluding carboxylic acids is 1. The van der Waals surface area contributed by atoms with Gasteiger partial charge in [0.15, 0.2) is 5.16 Å². The average molecular weight is 417 g/mol. The Morgan fingerprint density at radius 3 is 2.73 bits per heavy atom. The smallest absolute Gasteiger partial charge is 0.230 e. The van der Waals surface area contributed by atoms with Crippen molar-refractivity contribution in [2.24, 2.45) is 0 Å². The zero-order valence-corrected chi connectivity index (χ0v) is 18.1. The van der Waals surface area contributed by atoms with Crippen molar-refractivity contribution in [1.82, 2.24) is 20.1 Å². The van der Waals surface area contributed by atoms with E-state index in [0.29, 0.717) is 5.16 Å². The van der Waals surface area contributed by atoms with Crippen LogP contribution in [0.4, 0.5) is 0 Å². The molecule has 0 unspecified atom stereocenters. The summed E-state index contributed by atoms with van der Waals surface area (Å²) in [6.07, 6.45) is 1.69. The number of benzene rings is 3. The third-order valence-corrected chi connectivity index (χ3v) is 6.07. The lowest BCUT2D eigenvalue weighted by Gasteiger charge is -2.16. The molecule has 1 aromatic heterocycles. The Bertz CT molecular complexity index is 1200. The Balaban J connectivity index is 1.44. The zero-order valence-electron chi connectivity index (χ0n) is 17.3. The first-order valence-electron chi connectivity index (χ1n) is 9.90. The molecule has 0 bridgehead atoms. The SMILES string of the molecule is Cc1ccc(-n2cnnc2SCC(=O)N[C@H](C)c2cccc3ccccc23)c(C)c1. The number of hydrogen-bond acceptors (Lipinski definition) is 4. The van der Waals surface area contributed by atoms with Gasteiger partial charge >= 0.3 is 0 Å². The molecule has 0 aliphatic rings. The van der Waals surface area contributed by atoms with Crippen LogP contribution >= 0.6 is 11.8 Å². The molecule has 0 spiro atoms. The molecule has 152 valence electrons. The number of amides is 1. The predicted molar refractivity (Wildman–Crippen MR) is 122 cm³/mol. The van der Waals surface area contributed by atoms with Crippen LogP contribution in [0.1, 0.15) is 29.7 Å². The standard InChI is InChI=1S/C24H24N4OS/c1-16-11-12-22(17(2)13-16)28-15-25-27-24(28)30-14-23(29)26-18(3)20-10-6-8-19-7-4-5-9-21(19)20/h4-13,15,18H,14H2,1-3H3,(H,26,29)/t18-/m1/s1. The second kappa shape index (κ2) is 8.71. The highest BCUT2D eigenvalue weighted by atomic mass is 32.2. The van der Waals surface area contributed by atoms with E-state index >= 15 is 0 Å². The van der Waals surface area contributed by atoms with Crippen molar-refractivity contribution in [2.75, 3.05) is 5.75 Å². The maximum atomic E-state index is 12.6. The van der Waals surface area contributed by atoms with E-state index in [-0.39, 0.29) is 17.7 Å². The number of nitrogens with one attached hydrogen (secondary N) is 1.